The summed E-state index contributed by atoms with van der Waals surface area (Å²) < 4.78 is 6.44. The Morgan fingerprint density at radius 3 is 1.37 bits per heavy atom. The third kappa shape index (κ3) is 5.50. The second-order valence-electron chi connectivity index (χ2n) is 12.4. The molecule has 0 saturated heterocycles. The Bertz CT molecular complexity index is 2510. The molecule has 9 aromatic rings. The summed E-state index contributed by atoms with van der Waals surface area (Å²) in [6, 6.07) is 66.2. The van der Waals surface area contributed by atoms with Gasteiger partial charge in [0.2, 0.25) is 0 Å². The molecule has 9 rings (SSSR count). The molecular weight excluding hydrogens is 595 g/mol. The van der Waals surface area contributed by atoms with Crippen molar-refractivity contribution in [3.63, 3.8) is 0 Å². The molecule has 0 saturated carbocycles. The number of pyridine rings is 1. The van der Waals surface area contributed by atoms with Crippen LogP contribution in [-0.4, -0.2) is 4.98 Å². The molecule has 0 aliphatic rings. The van der Waals surface area contributed by atoms with Gasteiger partial charge >= 0.3 is 0 Å². The molecule has 0 radical (unpaired) electrons. The van der Waals surface area contributed by atoms with Crippen LogP contribution in [0.2, 0.25) is 0 Å². The summed E-state index contributed by atoms with van der Waals surface area (Å²) in [5, 5.41) is 2.21. The summed E-state index contributed by atoms with van der Waals surface area (Å²) in [4.78, 5) is 5.11. The van der Waals surface area contributed by atoms with Crippen LogP contribution in [-0.2, 0) is 0 Å². The predicted octanol–water partition coefficient (Wildman–Crippen LogP) is 13.0. The molecule has 49 heavy (non-hydrogen) atoms. The van der Waals surface area contributed by atoms with Crippen molar-refractivity contribution < 1.29 is 4.42 Å². The number of rotatable bonds is 6. The van der Waals surface area contributed by atoms with Crippen LogP contribution < -0.4 is 0 Å². The molecule has 0 aliphatic heterocycles. The highest BCUT2D eigenvalue weighted by Crippen LogP contribution is 2.40. The van der Waals surface area contributed by atoms with E-state index in [2.05, 4.69) is 176 Å². The molecule has 0 N–H and O–H groups in total. The Morgan fingerprint density at radius 1 is 0.306 bits per heavy atom. The van der Waals surface area contributed by atoms with Crippen LogP contribution in [0.25, 0.3) is 89.0 Å². The van der Waals surface area contributed by atoms with Crippen LogP contribution in [0.15, 0.2) is 192 Å². The Kier molecular flexibility index (Phi) is 7.18. The maximum absolute atomic E-state index is 6.44. The monoisotopic (exact) mass is 625 g/mol. The fraction of sp³-hybridized carbons (Fsp3) is 0. The van der Waals surface area contributed by atoms with E-state index in [9.17, 15) is 0 Å². The molecule has 0 bridgehead atoms. The van der Waals surface area contributed by atoms with Crippen molar-refractivity contribution in [1.29, 1.82) is 0 Å². The largest absolute Gasteiger partial charge is 0.456 e. The van der Waals surface area contributed by atoms with Gasteiger partial charge in [-0.25, -0.2) is 4.98 Å². The second-order valence-corrected chi connectivity index (χ2v) is 12.4. The van der Waals surface area contributed by atoms with Gasteiger partial charge in [-0.05, 0) is 80.9 Å². The highest BCUT2D eigenvalue weighted by Gasteiger charge is 2.16. The van der Waals surface area contributed by atoms with E-state index in [-0.39, 0.29) is 0 Å². The third-order valence-electron chi connectivity index (χ3n) is 9.29. The topological polar surface area (TPSA) is 26.0 Å². The lowest BCUT2D eigenvalue weighted by atomic mass is 9.94. The van der Waals surface area contributed by atoms with Crippen LogP contribution in [0.1, 0.15) is 0 Å². The van der Waals surface area contributed by atoms with Gasteiger partial charge in [-0.3, -0.25) is 0 Å². The van der Waals surface area contributed by atoms with Gasteiger partial charge in [-0.1, -0.05) is 152 Å². The normalized spacial score (nSPS) is 11.3. The zero-order valence-corrected chi connectivity index (χ0v) is 26.8. The lowest BCUT2D eigenvalue weighted by molar-refractivity contribution is 0.669. The molecule has 7 aromatic carbocycles. The van der Waals surface area contributed by atoms with Gasteiger partial charge < -0.3 is 4.42 Å². The fourth-order valence-corrected chi connectivity index (χ4v) is 6.81. The van der Waals surface area contributed by atoms with E-state index in [0.717, 1.165) is 61.1 Å². The maximum atomic E-state index is 6.44. The van der Waals surface area contributed by atoms with E-state index in [1.165, 1.54) is 27.8 Å². The number of aromatic nitrogens is 1. The van der Waals surface area contributed by atoms with E-state index < -0.39 is 0 Å². The zero-order valence-electron chi connectivity index (χ0n) is 26.8. The SMILES string of the molecule is c1ccc(-c2cccc(-c3ccc(-c4ccc5oc6cccc(-c7cc(-c8ccccc8)nc(-c8ccccc8)c7)c6c5c4)cc3)c2)cc1. The van der Waals surface area contributed by atoms with Crippen LogP contribution >= 0.6 is 0 Å². The van der Waals surface area contributed by atoms with Gasteiger partial charge in [0, 0.05) is 21.9 Å². The Labute approximate surface area is 285 Å². The summed E-state index contributed by atoms with van der Waals surface area (Å²) >= 11 is 0. The Morgan fingerprint density at radius 2 is 0.776 bits per heavy atom. The molecule has 2 heteroatoms. The molecule has 0 aliphatic carbocycles. The lowest BCUT2D eigenvalue weighted by Crippen LogP contribution is -1.91. The average Bonchev–Trinajstić information content (AvgIpc) is 3.57. The molecule has 230 valence electrons. The van der Waals surface area contributed by atoms with Gasteiger partial charge in [-0.2, -0.15) is 0 Å². The van der Waals surface area contributed by atoms with Crippen molar-refractivity contribution in [3.05, 3.63) is 188 Å². The number of hydrogen-bond donors (Lipinski definition) is 0. The molecule has 0 atom stereocenters. The smallest absolute Gasteiger partial charge is 0.136 e. The average molecular weight is 626 g/mol. The second kappa shape index (κ2) is 12.3. The van der Waals surface area contributed by atoms with Crippen molar-refractivity contribution in [2.75, 3.05) is 0 Å². The molecule has 0 fully saturated rings. The highest BCUT2D eigenvalue weighted by atomic mass is 16.3. The first-order valence-corrected chi connectivity index (χ1v) is 16.6. The van der Waals surface area contributed by atoms with Crippen molar-refractivity contribution in [3.8, 4) is 67.0 Å². The lowest BCUT2D eigenvalue weighted by Gasteiger charge is -2.11. The summed E-state index contributed by atoms with van der Waals surface area (Å²) in [7, 11) is 0. The number of benzene rings is 7. The number of fused-ring (bicyclic) bond motifs is 3. The molecule has 2 aromatic heterocycles. The Hall–Kier alpha value is -6.51. The van der Waals surface area contributed by atoms with E-state index >= 15 is 0 Å². The van der Waals surface area contributed by atoms with Crippen LogP contribution in [0.5, 0.6) is 0 Å². The van der Waals surface area contributed by atoms with E-state index in [0.29, 0.717) is 0 Å². The van der Waals surface area contributed by atoms with Crippen molar-refractivity contribution in [2.45, 2.75) is 0 Å². The van der Waals surface area contributed by atoms with Crippen LogP contribution in [0, 0.1) is 0 Å². The van der Waals surface area contributed by atoms with Crippen LogP contribution in [0.3, 0.4) is 0 Å². The first-order chi connectivity index (χ1) is 24.3. The molecular formula is C47H31NO. The molecule has 0 amide bonds. The minimum atomic E-state index is 0.873. The third-order valence-corrected chi connectivity index (χ3v) is 9.29. The van der Waals surface area contributed by atoms with E-state index in [1.54, 1.807) is 0 Å². The van der Waals surface area contributed by atoms with Crippen molar-refractivity contribution in [2.24, 2.45) is 0 Å². The number of hydrogen-bond acceptors (Lipinski definition) is 2. The first kappa shape index (κ1) is 28.7. The van der Waals surface area contributed by atoms with Crippen LogP contribution in [0.4, 0.5) is 0 Å². The molecule has 0 unspecified atom stereocenters. The number of nitrogens with zero attached hydrogens (tertiary/aromatic N) is 1. The van der Waals surface area contributed by atoms with Crippen molar-refractivity contribution in [1.82, 2.24) is 4.98 Å². The predicted molar refractivity (Wildman–Crippen MR) is 204 cm³/mol. The van der Waals surface area contributed by atoms with Gasteiger partial charge in [0.25, 0.3) is 0 Å². The molecule has 0 spiro atoms. The minimum Gasteiger partial charge on any atom is -0.456 e. The van der Waals surface area contributed by atoms with E-state index in [4.69, 9.17) is 9.40 Å². The van der Waals surface area contributed by atoms with Gasteiger partial charge in [0.05, 0.1) is 11.4 Å². The van der Waals surface area contributed by atoms with E-state index in [1.807, 2.05) is 12.1 Å². The Balaban J connectivity index is 1.13. The van der Waals surface area contributed by atoms with Crippen molar-refractivity contribution >= 4 is 21.9 Å². The quantitative estimate of drug-likeness (QED) is 0.184. The summed E-state index contributed by atoms with van der Waals surface area (Å²) in [6.45, 7) is 0. The fourth-order valence-electron chi connectivity index (χ4n) is 6.81. The summed E-state index contributed by atoms with van der Waals surface area (Å²) in [6.07, 6.45) is 0. The number of furan rings is 1. The van der Waals surface area contributed by atoms with Gasteiger partial charge in [0.1, 0.15) is 11.2 Å². The highest BCUT2D eigenvalue weighted by molar-refractivity contribution is 6.13. The van der Waals surface area contributed by atoms with Gasteiger partial charge in [0.15, 0.2) is 0 Å². The summed E-state index contributed by atoms with van der Waals surface area (Å²) in [5.74, 6) is 0. The summed E-state index contributed by atoms with van der Waals surface area (Å²) in [5.41, 5.74) is 15.2. The maximum Gasteiger partial charge on any atom is 0.136 e. The molecule has 2 heterocycles. The zero-order chi connectivity index (χ0) is 32.6. The standard InChI is InChI=1S/C47H31NO/c1-4-12-32(13-5-1)37-18-10-19-38(28-37)33-22-24-34(25-23-33)39-26-27-45-42(29-39)47-41(20-11-21-46(47)49-45)40-30-43(35-14-6-2-7-15-35)48-44(31-40)36-16-8-3-9-17-36/h1-31H. The molecule has 2 nitrogen and oxygen atoms in total. The van der Waals surface area contributed by atoms with Gasteiger partial charge in [-0.15, -0.1) is 0 Å². The minimum absolute atomic E-state index is 0.873. The first-order valence-electron chi connectivity index (χ1n) is 16.6.